The zero-order valence-electron chi connectivity index (χ0n) is 17.6. The summed E-state index contributed by atoms with van der Waals surface area (Å²) in [6.45, 7) is 1.36. The molecule has 9 nitrogen and oxygen atoms in total. The van der Waals surface area contributed by atoms with Gasteiger partial charge in [0.05, 0.1) is 43.1 Å². The van der Waals surface area contributed by atoms with Gasteiger partial charge in [-0.25, -0.2) is 19.2 Å². The van der Waals surface area contributed by atoms with Crippen molar-refractivity contribution >= 4 is 12.0 Å². The van der Waals surface area contributed by atoms with Crippen LogP contribution in [0.5, 0.6) is 0 Å². The van der Waals surface area contributed by atoms with E-state index in [1.165, 1.54) is 12.0 Å². The Balaban J connectivity index is 1.59. The van der Waals surface area contributed by atoms with Gasteiger partial charge in [-0.15, -0.1) is 5.06 Å². The maximum absolute atomic E-state index is 13.8. The average molecular weight is 473 g/mol. The quantitative estimate of drug-likeness (QED) is 0.452. The van der Waals surface area contributed by atoms with E-state index in [1.54, 1.807) is 6.20 Å². The molecule has 1 atom stereocenters. The van der Waals surface area contributed by atoms with Crippen LogP contribution in [0.1, 0.15) is 35.3 Å². The number of hydrogen-bond donors (Lipinski definition) is 4. The molecular weight excluding hydrogens is 450 g/mol. The Bertz CT molecular complexity index is 987. The molecule has 0 saturated carbocycles. The smallest absolute Gasteiger partial charge is 0.394 e. The normalized spacial score (nSPS) is 15.2. The van der Waals surface area contributed by atoms with E-state index in [-0.39, 0.29) is 31.3 Å². The molecular formula is C20H23F4N5O4. The number of hydrogen-bond acceptors (Lipinski definition) is 8. The van der Waals surface area contributed by atoms with Gasteiger partial charge < -0.3 is 25.7 Å². The summed E-state index contributed by atoms with van der Waals surface area (Å²) >= 11 is 0. The van der Waals surface area contributed by atoms with Crippen LogP contribution in [0.4, 0.5) is 28.3 Å². The highest BCUT2D eigenvalue weighted by Crippen LogP contribution is 2.32. The van der Waals surface area contributed by atoms with Crippen molar-refractivity contribution in [2.24, 2.45) is 0 Å². The van der Waals surface area contributed by atoms with Crippen LogP contribution < -0.4 is 10.6 Å². The van der Waals surface area contributed by atoms with Crippen molar-refractivity contribution in [1.29, 1.82) is 0 Å². The number of nitrogens with zero attached hydrogens (tertiary/aromatic N) is 3. The second-order valence-electron chi connectivity index (χ2n) is 7.47. The van der Waals surface area contributed by atoms with E-state index >= 15 is 0 Å². The Kier molecular flexibility index (Phi) is 7.66. The molecule has 4 N–H and O–H groups in total. The fourth-order valence-corrected chi connectivity index (χ4v) is 3.19. The molecule has 13 heteroatoms. The fraction of sp³-hybridized carbons (Fsp3) is 0.450. The molecule has 0 spiro atoms. The zero-order valence-corrected chi connectivity index (χ0v) is 17.6. The molecule has 0 bridgehead atoms. The number of carbonyl (C=O) groups is 1. The van der Waals surface area contributed by atoms with Crippen LogP contribution in [-0.2, 0) is 24.0 Å². The van der Waals surface area contributed by atoms with Crippen molar-refractivity contribution in [2.75, 3.05) is 25.1 Å². The molecule has 0 unspecified atom stereocenters. The molecule has 0 aliphatic carbocycles. The number of amides is 1. The monoisotopic (exact) mass is 473 g/mol. The Labute approximate surface area is 186 Å². The van der Waals surface area contributed by atoms with Crippen LogP contribution in [0, 0.1) is 5.82 Å². The average Bonchev–Trinajstić information content (AvgIpc) is 2.76. The number of aromatic nitrogens is 2. The zero-order chi connectivity index (χ0) is 24.2. The summed E-state index contributed by atoms with van der Waals surface area (Å²) in [7, 11) is 0. The van der Waals surface area contributed by atoms with Gasteiger partial charge in [-0.05, 0) is 36.6 Å². The predicted molar refractivity (Wildman–Crippen MR) is 107 cm³/mol. The van der Waals surface area contributed by atoms with Gasteiger partial charge in [-0.2, -0.15) is 13.2 Å². The predicted octanol–water partition coefficient (Wildman–Crippen LogP) is 2.16. The minimum Gasteiger partial charge on any atom is -0.394 e. The van der Waals surface area contributed by atoms with Crippen molar-refractivity contribution in [2.45, 2.75) is 38.1 Å². The summed E-state index contributed by atoms with van der Waals surface area (Å²) in [5, 5.41) is 24.9. The topological polar surface area (TPSA) is 120 Å². The van der Waals surface area contributed by atoms with Crippen LogP contribution in [0.15, 0.2) is 24.4 Å². The lowest BCUT2D eigenvalue weighted by atomic mass is 10.1. The van der Waals surface area contributed by atoms with Crippen LogP contribution in [0.3, 0.4) is 0 Å². The molecule has 2 aromatic rings. The highest BCUT2D eigenvalue weighted by atomic mass is 19.4. The summed E-state index contributed by atoms with van der Waals surface area (Å²) in [6.07, 6.45) is -3.57. The van der Waals surface area contributed by atoms with Gasteiger partial charge in [-0.1, -0.05) is 6.07 Å². The molecule has 180 valence electrons. The van der Waals surface area contributed by atoms with E-state index in [1.807, 2.05) is 0 Å². The molecule has 33 heavy (non-hydrogen) atoms. The molecule has 1 aromatic carbocycles. The summed E-state index contributed by atoms with van der Waals surface area (Å²) in [4.78, 5) is 26.0. The summed E-state index contributed by atoms with van der Waals surface area (Å²) in [5.74, 6) is -1.23. The first-order valence-corrected chi connectivity index (χ1v) is 10.0. The number of nitrogens with one attached hydrogen (secondary N) is 2. The summed E-state index contributed by atoms with van der Waals surface area (Å²) < 4.78 is 51.9. The standard InChI is InChI=1S/C20H23F4N5O4/c1-11(12-2-3-15(16(21)6-12)20(22,23)24)26-19(32)33-29-5-4-13-7-25-18(28-17(13)8-29)27-14(9-30)10-31/h2-3,6-7,11,14,30-31H,4-5,8-10H2,1H3,(H,26,32)(H,25,27,28)/t11-/m1/s1. The van der Waals surface area contributed by atoms with E-state index in [2.05, 4.69) is 20.6 Å². The maximum atomic E-state index is 13.8. The van der Waals surface area contributed by atoms with Gasteiger partial charge in [0.15, 0.2) is 0 Å². The number of benzene rings is 1. The second-order valence-corrected chi connectivity index (χ2v) is 7.47. The Morgan fingerprint density at radius 1 is 1.30 bits per heavy atom. The number of carbonyl (C=O) groups excluding carboxylic acids is 1. The van der Waals surface area contributed by atoms with Crippen molar-refractivity contribution < 1.29 is 37.4 Å². The largest absolute Gasteiger partial charge is 0.426 e. The van der Waals surface area contributed by atoms with E-state index in [9.17, 15) is 22.4 Å². The van der Waals surface area contributed by atoms with Crippen molar-refractivity contribution in [1.82, 2.24) is 20.3 Å². The number of rotatable bonds is 7. The van der Waals surface area contributed by atoms with Crippen molar-refractivity contribution in [3.8, 4) is 0 Å². The molecule has 3 rings (SSSR count). The van der Waals surface area contributed by atoms with Crippen LogP contribution in [-0.4, -0.2) is 57.1 Å². The van der Waals surface area contributed by atoms with E-state index < -0.39 is 35.7 Å². The highest BCUT2D eigenvalue weighted by Gasteiger charge is 2.34. The molecule has 1 aliphatic rings. The number of hydroxylamine groups is 2. The molecule has 1 amide bonds. The van der Waals surface area contributed by atoms with Gasteiger partial charge in [0.2, 0.25) is 5.95 Å². The Morgan fingerprint density at radius 3 is 2.67 bits per heavy atom. The van der Waals surface area contributed by atoms with Crippen LogP contribution in [0.25, 0.3) is 0 Å². The summed E-state index contributed by atoms with van der Waals surface area (Å²) in [5.41, 5.74) is 0.193. The SMILES string of the molecule is C[C@@H](NC(=O)ON1CCc2cnc(NC(CO)CO)nc2C1)c1ccc(C(F)(F)F)c(F)c1. The summed E-state index contributed by atoms with van der Waals surface area (Å²) in [6, 6.07) is 1.01. The fourth-order valence-electron chi connectivity index (χ4n) is 3.19. The number of alkyl halides is 3. The number of anilines is 1. The van der Waals surface area contributed by atoms with Crippen LogP contribution in [0.2, 0.25) is 0 Å². The number of aliphatic hydroxyl groups is 2. The first-order valence-electron chi connectivity index (χ1n) is 10.0. The van der Waals surface area contributed by atoms with E-state index in [0.717, 1.165) is 17.7 Å². The van der Waals surface area contributed by atoms with E-state index in [0.29, 0.717) is 24.7 Å². The lowest BCUT2D eigenvalue weighted by Gasteiger charge is -2.27. The number of fused-ring (bicyclic) bond motifs is 1. The first kappa shape index (κ1) is 24.6. The third-order valence-corrected chi connectivity index (χ3v) is 5.03. The van der Waals surface area contributed by atoms with Crippen molar-refractivity contribution in [3.63, 3.8) is 0 Å². The van der Waals surface area contributed by atoms with Gasteiger partial charge in [0.25, 0.3) is 0 Å². The minimum atomic E-state index is -4.81. The molecule has 1 aromatic heterocycles. The van der Waals surface area contributed by atoms with Crippen molar-refractivity contribution in [3.05, 3.63) is 52.6 Å². The third-order valence-electron chi connectivity index (χ3n) is 5.03. The van der Waals surface area contributed by atoms with Gasteiger partial charge in [0.1, 0.15) is 5.82 Å². The first-order chi connectivity index (χ1) is 15.6. The molecule has 0 fully saturated rings. The highest BCUT2D eigenvalue weighted by molar-refractivity contribution is 5.67. The third kappa shape index (κ3) is 6.27. The van der Waals surface area contributed by atoms with Gasteiger partial charge in [-0.3, -0.25) is 0 Å². The maximum Gasteiger partial charge on any atom is 0.426 e. The van der Waals surface area contributed by atoms with E-state index in [4.69, 9.17) is 15.1 Å². The molecule has 2 heterocycles. The second kappa shape index (κ2) is 10.3. The van der Waals surface area contributed by atoms with Crippen LogP contribution >= 0.6 is 0 Å². The Hall–Kier alpha value is -3.03. The minimum absolute atomic E-state index is 0.145. The lowest BCUT2D eigenvalue weighted by molar-refractivity contribution is -0.140. The van der Waals surface area contributed by atoms with Gasteiger partial charge >= 0.3 is 12.3 Å². The lowest BCUT2D eigenvalue weighted by Crippen LogP contribution is -2.38. The van der Waals surface area contributed by atoms with Gasteiger partial charge in [0, 0.05) is 12.7 Å². The number of halogens is 4. The molecule has 0 saturated heterocycles. The Morgan fingerprint density at radius 2 is 2.03 bits per heavy atom. The molecule has 0 radical (unpaired) electrons. The molecule has 1 aliphatic heterocycles. The number of aliphatic hydroxyl groups excluding tert-OH is 2.